The van der Waals surface area contributed by atoms with E-state index in [0.29, 0.717) is 42.0 Å². The molecule has 2 aliphatic heterocycles. The van der Waals surface area contributed by atoms with Crippen LogP contribution in [0, 0.1) is 0 Å². The number of pyridine rings is 2. The Bertz CT molecular complexity index is 1520. The van der Waals surface area contributed by atoms with Gasteiger partial charge in [0.2, 0.25) is 10.0 Å². The highest BCUT2D eigenvalue weighted by Gasteiger charge is 2.29. The highest BCUT2D eigenvalue weighted by Crippen LogP contribution is 2.42. The van der Waals surface area contributed by atoms with Crippen molar-refractivity contribution in [1.29, 1.82) is 0 Å². The molecule has 4 heterocycles. The van der Waals surface area contributed by atoms with Crippen molar-refractivity contribution >= 4 is 43.9 Å². The van der Waals surface area contributed by atoms with Gasteiger partial charge in [0, 0.05) is 49.5 Å². The fourth-order valence-electron chi connectivity index (χ4n) is 5.02. The van der Waals surface area contributed by atoms with E-state index in [0.717, 1.165) is 29.2 Å². The zero-order valence-corrected chi connectivity index (χ0v) is 21.4. The van der Waals surface area contributed by atoms with E-state index in [4.69, 9.17) is 0 Å². The normalized spacial score (nSPS) is 16.6. The Kier molecular flexibility index (Phi) is 6.67. The minimum atomic E-state index is -3.35. The van der Waals surface area contributed by atoms with Gasteiger partial charge < -0.3 is 10.2 Å². The van der Waals surface area contributed by atoms with Gasteiger partial charge in [-0.05, 0) is 60.2 Å². The van der Waals surface area contributed by atoms with Gasteiger partial charge >= 0.3 is 0 Å². The van der Waals surface area contributed by atoms with Gasteiger partial charge in [0.1, 0.15) is 11.2 Å². The molecule has 2 aliphatic rings. The Labute approximate surface area is 214 Å². The van der Waals surface area contributed by atoms with E-state index in [-0.39, 0.29) is 30.3 Å². The average Bonchev–Trinajstić information content (AvgIpc) is 2.90. The summed E-state index contributed by atoms with van der Waals surface area (Å²) in [6.45, 7) is 0.954. The predicted molar refractivity (Wildman–Crippen MR) is 139 cm³/mol. The molecule has 0 atom stereocenters. The summed E-state index contributed by atoms with van der Waals surface area (Å²) in [5.74, 6) is 0.103. The van der Waals surface area contributed by atoms with E-state index in [1.54, 1.807) is 24.4 Å². The van der Waals surface area contributed by atoms with E-state index >= 15 is 0 Å². The summed E-state index contributed by atoms with van der Waals surface area (Å²) in [6, 6.07) is 8.60. The SMILES string of the molecule is CNC(=O)c1cc2cccnc2c(N2CCCc3cc(C4=CCN(S(C)(=O)=O)CC4)c(C(F)F)cc32)n1. The summed E-state index contributed by atoms with van der Waals surface area (Å²) in [5, 5.41) is 3.32. The monoisotopic (exact) mass is 527 g/mol. The van der Waals surface area contributed by atoms with E-state index in [1.807, 2.05) is 17.0 Å². The van der Waals surface area contributed by atoms with Crippen LogP contribution in [0.1, 0.15) is 46.4 Å². The molecule has 8 nitrogen and oxygen atoms in total. The average molecular weight is 528 g/mol. The summed E-state index contributed by atoms with van der Waals surface area (Å²) in [5.41, 5.74) is 3.40. The number of sulfonamides is 1. The number of carbonyl (C=O) groups is 1. The first-order valence-electron chi connectivity index (χ1n) is 12.0. The Morgan fingerprint density at radius 2 is 1.97 bits per heavy atom. The minimum Gasteiger partial charge on any atom is -0.354 e. The van der Waals surface area contributed by atoms with Crippen molar-refractivity contribution in [2.24, 2.45) is 0 Å². The maximum absolute atomic E-state index is 14.4. The Balaban J connectivity index is 1.63. The van der Waals surface area contributed by atoms with Gasteiger partial charge in [-0.15, -0.1) is 0 Å². The van der Waals surface area contributed by atoms with E-state index in [1.165, 1.54) is 17.4 Å². The molecule has 0 fully saturated rings. The molecule has 2 aromatic heterocycles. The highest BCUT2D eigenvalue weighted by atomic mass is 32.2. The smallest absolute Gasteiger partial charge is 0.269 e. The Hall–Kier alpha value is -3.44. The van der Waals surface area contributed by atoms with Gasteiger partial charge in [0.15, 0.2) is 5.82 Å². The van der Waals surface area contributed by atoms with Gasteiger partial charge in [-0.3, -0.25) is 9.78 Å². The quantitative estimate of drug-likeness (QED) is 0.538. The maximum Gasteiger partial charge on any atom is 0.269 e. The van der Waals surface area contributed by atoms with E-state index < -0.39 is 16.4 Å². The van der Waals surface area contributed by atoms with Crippen molar-refractivity contribution in [3.05, 3.63) is 65.0 Å². The number of aryl methyl sites for hydroxylation is 1. The molecule has 0 saturated carbocycles. The third-order valence-corrected chi connectivity index (χ3v) is 8.15. The molecular weight excluding hydrogens is 500 g/mol. The first-order valence-corrected chi connectivity index (χ1v) is 13.9. The minimum absolute atomic E-state index is 0.107. The number of hydrogen-bond donors (Lipinski definition) is 1. The lowest BCUT2D eigenvalue weighted by atomic mass is 9.89. The van der Waals surface area contributed by atoms with E-state index in [2.05, 4.69) is 15.3 Å². The number of aromatic nitrogens is 2. The van der Waals surface area contributed by atoms with Crippen LogP contribution in [0.3, 0.4) is 0 Å². The van der Waals surface area contributed by atoms with Crippen molar-refractivity contribution in [2.75, 3.05) is 37.8 Å². The largest absolute Gasteiger partial charge is 0.354 e. The van der Waals surface area contributed by atoms with Crippen LogP contribution in [0.2, 0.25) is 0 Å². The zero-order valence-electron chi connectivity index (χ0n) is 20.5. The van der Waals surface area contributed by atoms with Gasteiger partial charge in [0.05, 0.1) is 6.26 Å². The van der Waals surface area contributed by atoms with Crippen molar-refractivity contribution < 1.29 is 22.0 Å². The molecule has 5 rings (SSSR count). The van der Waals surface area contributed by atoms with Crippen LogP contribution in [-0.4, -0.2) is 61.5 Å². The number of halogens is 2. The Morgan fingerprint density at radius 3 is 2.65 bits per heavy atom. The third-order valence-electron chi connectivity index (χ3n) is 6.88. The molecule has 11 heteroatoms. The number of alkyl halides is 2. The maximum atomic E-state index is 14.4. The van der Waals surface area contributed by atoms with E-state index in [9.17, 15) is 22.0 Å². The number of nitrogens with one attached hydrogen (secondary N) is 1. The summed E-state index contributed by atoms with van der Waals surface area (Å²) >= 11 is 0. The Morgan fingerprint density at radius 1 is 1.16 bits per heavy atom. The summed E-state index contributed by atoms with van der Waals surface area (Å²) in [4.78, 5) is 23.4. The van der Waals surface area contributed by atoms with Gasteiger partial charge in [-0.25, -0.2) is 22.2 Å². The van der Waals surface area contributed by atoms with Crippen LogP contribution in [0.5, 0.6) is 0 Å². The van der Waals surface area contributed by atoms with Gasteiger partial charge in [-0.1, -0.05) is 12.1 Å². The number of anilines is 2. The fourth-order valence-corrected chi connectivity index (χ4v) is 5.79. The molecule has 194 valence electrons. The van der Waals surface area contributed by atoms with Crippen LogP contribution in [-0.2, 0) is 16.4 Å². The van der Waals surface area contributed by atoms with Crippen LogP contribution in [0.25, 0.3) is 16.5 Å². The molecular formula is C26H27F2N5O3S. The first-order chi connectivity index (χ1) is 17.7. The fraction of sp³-hybridized carbons (Fsp3) is 0.346. The molecule has 0 unspecified atom stereocenters. The summed E-state index contributed by atoms with van der Waals surface area (Å²) < 4.78 is 53.9. The van der Waals surface area contributed by atoms with Gasteiger partial charge in [-0.2, -0.15) is 4.31 Å². The van der Waals surface area contributed by atoms with Crippen molar-refractivity contribution in [3.63, 3.8) is 0 Å². The molecule has 1 aromatic carbocycles. The number of amides is 1. The number of nitrogens with zero attached hydrogens (tertiary/aromatic N) is 4. The zero-order chi connectivity index (χ0) is 26.3. The molecule has 0 bridgehead atoms. The summed E-state index contributed by atoms with van der Waals surface area (Å²) in [7, 11) is -1.82. The lowest BCUT2D eigenvalue weighted by Gasteiger charge is -2.33. The van der Waals surface area contributed by atoms with Crippen LogP contribution < -0.4 is 10.2 Å². The van der Waals surface area contributed by atoms with Crippen molar-refractivity contribution in [2.45, 2.75) is 25.7 Å². The second kappa shape index (κ2) is 9.79. The molecule has 1 N–H and O–H groups in total. The lowest BCUT2D eigenvalue weighted by Crippen LogP contribution is -2.33. The third kappa shape index (κ3) is 4.80. The number of carbonyl (C=O) groups excluding carboxylic acids is 1. The first kappa shape index (κ1) is 25.2. The van der Waals surface area contributed by atoms with Crippen LogP contribution in [0.15, 0.2) is 42.6 Å². The standard InChI is InChI=1S/C26H27F2N5O3S/c1-29-26(34)21-14-18-5-3-9-30-23(18)25(31-21)33-10-4-6-17-13-19(20(24(27)28)15-22(17)33)16-7-11-32(12-8-16)37(2,35)36/h3,5,7,9,13-15,24H,4,6,8,10-12H2,1-2H3,(H,29,34). The molecule has 3 aromatic rings. The number of rotatable bonds is 5. The number of benzene rings is 1. The van der Waals surface area contributed by atoms with Crippen LogP contribution >= 0.6 is 0 Å². The summed E-state index contributed by atoms with van der Waals surface area (Å²) in [6.07, 6.45) is 3.62. The highest BCUT2D eigenvalue weighted by molar-refractivity contribution is 7.88. The molecule has 37 heavy (non-hydrogen) atoms. The van der Waals surface area contributed by atoms with Crippen LogP contribution in [0.4, 0.5) is 20.3 Å². The molecule has 0 radical (unpaired) electrons. The predicted octanol–water partition coefficient (Wildman–Crippen LogP) is 4.06. The second-order valence-corrected chi connectivity index (χ2v) is 11.2. The topological polar surface area (TPSA) is 95.5 Å². The molecule has 0 spiro atoms. The molecule has 1 amide bonds. The number of hydrogen-bond acceptors (Lipinski definition) is 6. The number of fused-ring (bicyclic) bond motifs is 2. The molecule has 0 aliphatic carbocycles. The van der Waals surface area contributed by atoms with Gasteiger partial charge in [0.25, 0.3) is 12.3 Å². The van der Waals surface area contributed by atoms with Crippen molar-refractivity contribution in [3.8, 4) is 0 Å². The lowest BCUT2D eigenvalue weighted by molar-refractivity contribution is 0.0958. The molecule has 0 saturated heterocycles. The van der Waals surface area contributed by atoms with Crippen molar-refractivity contribution in [1.82, 2.24) is 19.6 Å². The second-order valence-electron chi connectivity index (χ2n) is 9.21.